The number of hydrogen-bond acceptors (Lipinski definition) is 4. The van der Waals surface area contributed by atoms with Crippen LogP contribution in [0.1, 0.15) is 31.2 Å². The van der Waals surface area contributed by atoms with E-state index in [0.29, 0.717) is 5.89 Å². The van der Waals surface area contributed by atoms with Crippen LogP contribution in [-0.2, 0) is 0 Å². The summed E-state index contributed by atoms with van der Waals surface area (Å²) >= 11 is 0. The summed E-state index contributed by atoms with van der Waals surface area (Å²) in [5.41, 5.74) is 0.281. The van der Waals surface area contributed by atoms with Crippen LogP contribution < -0.4 is 5.32 Å². The van der Waals surface area contributed by atoms with Gasteiger partial charge in [0.05, 0.1) is 6.04 Å². The highest BCUT2D eigenvalue weighted by molar-refractivity contribution is 5.54. The molecular weight excluding hydrogens is 252 g/mol. The van der Waals surface area contributed by atoms with Gasteiger partial charge in [0.25, 0.3) is 0 Å². The van der Waals surface area contributed by atoms with Gasteiger partial charge in [0.15, 0.2) is 0 Å². The Kier molecular flexibility index (Phi) is 3.25. The van der Waals surface area contributed by atoms with Crippen molar-refractivity contribution in [3.8, 4) is 11.4 Å². The Morgan fingerprint density at radius 1 is 1.16 bits per heavy atom. The zero-order valence-corrected chi connectivity index (χ0v) is 10.2. The van der Waals surface area contributed by atoms with Crippen molar-refractivity contribution in [2.45, 2.75) is 25.3 Å². The van der Waals surface area contributed by atoms with Gasteiger partial charge in [-0.15, -0.1) is 0 Å². The molecule has 1 fully saturated rings. The van der Waals surface area contributed by atoms with Crippen molar-refractivity contribution in [3.63, 3.8) is 0 Å². The molecule has 1 aliphatic rings. The normalized spacial score (nSPS) is 19.6. The molecule has 0 saturated carbocycles. The van der Waals surface area contributed by atoms with Gasteiger partial charge < -0.3 is 9.84 Å². The summed E-state index contributed by atoms with van der Waals surface area (Å²) < 4.78 is 31.4. The highest BCUT2D eigenvalue weighted by atomic mass is 19.1. The summed E-state index contributed by atoms with van der Waals surface area (Å²) in [6.07, 6.45) is 3.16. The molecule has 0 bridgehead atoms. The predicted molar refractivity (Wildman–Crippen MR) is 64.2 cm³/mol. The molecule has 1 unspecified atom stereocenters. The van der Waals surface area contributed by atoms with Crippen molar-refractivity contribution in [3.05, 3.63) is 35.7 Å². The maximum Gasteiger partial charge on any atom is 0.244 e. The molecule has 0 spiro atoms. The summed E-state index contributed by atoms with van der Waals surface area (Å²) in [4.78, 5) is 4.21. The number of nitrogens with zero attached hydrogens (tertiary/aromatic N) is 2. The van der Waals surface area contributed by atoms with Crippen LogP contribution in [0.4, 0.5) is 8.78 Å². The van der Waals surface area contributed by atoms with Crippen LogP contribution in [0.2, 0.25) is 0 Å². The van der Waals surface area contributed by atoms with E-state index in [1.165, 1.54) is 12.1 Å². The second kappa shape index (κ2) is 5.05. The molecule has 0 aliphatic carbocycles. The van der Waals surface area contributed by atoms with Crippen LogP contribution in [0, 0.1) is 11.6 Å². The van der Waals surface area contributed by atoms with Gasteiger partial charge in [-0.2, -0.15) is 4.98 Å². The number of hydrogen-bond donors (Lipinski definition) is 1. The quantitative estimate of drug-likeness (QED) is 0.907. The van der Waals surface area contributed by atoms with Crippen LogP contribution in [0.15, 0.2) is 22.7 Å². The number of halogens is 2. The Bertz CT molecular complexity index is 559. The monoisotopic (exact) mass is 265 g/mol. The predicted octanol–water partition coefficient (Wildman–Crippen LogP) is 2.83. The molecule has 19 heavy (non-hydrogen) atoms. The molecule has 1 aromatic carbocycles. The Labute approximate surface area is 108 Å². The first kappa shape index (κ1) is 12.2. The summed E-state index contributed by atoms with van der Waals surface area (Å²) in [7, 11) is 0. The third-order valence-corrected chi connectivity index (χ3v) is 3.17. The number of rotatable bonds is 2. The maximum absolute atomic E-state index is 13.1. The van der Waals surface area contributed by atoms with E-state index < -0.39 is 11.6 Å². The molecule has 4 nitrogen and oxygen atoms in total. The molecule has 1 aliphatic heterocycles. The van der Waals surface area contributed by atoms with Crippen LogP contribution in [-0.4, -0.2) is 16.7 Å². The van der Waals surface area contributed by atoms with E-state index in [-0.39, 0.29) is 17.4 Å². The molecule has 0 amide bonds. The van der Waals surface area contributed by atoms with Crippen LogP contribution in [0.3, 0.4) is 0 Å². The van der Waals surface area contributed by atoms with Crippen molar-refractivity contribution in [2.24, 2.45) is 0 Å². The fourth-order valence-electron chi connectivity index (χ4n) is 2.24. The lowest BCUT2D eigenvalue weighted by atomic mass is 10.1. The van der Waals surface area contributed by atoms with Crippen molar-refractivity contribution in [1.82, 2.24) is 15.5 Å². The zero-order chi connectivity index (χ0) is 13.2. The van der Waals surface area contributed by atoms with Crippen LogP contribution in [0.25, 0.3) is 11.4 Å². The minimum absolute atomic E-state index is 0.0356. The lowest BCUT2D eigenvalue weighted by Crippen LogP contribution is -2.26. The van der Waals surface area contributed by atoms with Crippen LogP contribution in [0.5, 0.6) is 0 Å². The van der Waals surface area contributed by atoms with Crippen LogP contribution >= 0.6 is 0 Å². The van der Waals surface area contributed by atoms with Gasteiger partial charge >= 0.3 is 0 Å². The summed E-state index contributed by atoms with van der Waals surface area (Å²) in [6.45, 7) is 0.914. The lowest BCUT2D eigenvalue weighted by Gasteiger charge is -2.19. The minimum Gasteiger partial charge on any atom is -0.337 e. The third-order valence-electron chi connectivity index (χ3n) is 3.17. The van der Waals surface area contributed by atoms with E-state index in [0.717, 1.165) is 31.9 Å². The largest absolute Gasteiger partial charge is 0.337 e. The molecule has 0 radical (unpaired) electrons. The van der Waals surface area contributed by atoms with Crippen molar-refractivity contribution >= 4 is 0 Å². The van der Waals surface area contributed by atoms with Crippen molar-refractivity contribution in [1.29, 1.82) is 0 Å². The molecule has 2 aromatic rings. The molecule has 3 rings (SSSR count). The second-order valence-electron chi connectivity index (χ2n) is 4.62. The first-order valence-corrected chi connectivity index (χ1v) is 6.26. The van der Waals surface area contributed by atoms with E-state index in [4.69, 9.17) is 4.52 Å². The van der Waals surface area contributed by atoms with Crippen molar-refractivity contribution < 1.29 is 13.3 Å². The van der Waals surface area contributed by atoms with Gasteiger partial charge in [-0.25, -0.2) is 8.78 Å². The molecule has 100 valence electrons. The molecule has 1 atom stereocenters. The highest BCUT2D eigenvalue weighted by Gasteiger charge is 2.21. The first-order chi connectivity index (χ1) is 9.22. The van der Waals surface area contributed by atoms with Crippen molar-refractivity contribution in [2.75, 3.05) is 6.54 Å². The number of benzene rings is 1. The van der Waals surface area contributed by atoms with E-state index in [9.17, 15) is 8.78 Å². The Balaban J connectivity index is 1.87. The molecule has 1 saturated heterocycles. The van der Waals surface area contributed by atoms with E-state index in [2.05, 4.69) is 15.5 Å². The minimum atomic E-state index is -0.655. The lowest BCUT2D eigenvalue weighted by molar-refractivity contribution is 0.297. The fraction of sp³-hybridized carbons (Fsp3) is 0.385. The Hall–Kier alpha value is -1.82. The average molecular weight is 265 g/mol. The third kappa shape index (κ3) is 2.63. The van der Waals surface area contributed by atoms with Gasteiger partial charge in [0.2, 0.25) is 11.7 Å². The average Bonchev–Trinajstić information content (AvgIpc) is 2.88. The van der Waals surface area contributed by atoms with Gasteiger partial charge in [0, 0.05) is 11.6 Å². The fourth-order valence-corrected chi connectivity index (χ4v) is 2.24. The zero-order valence-electron chi connectivity index (χ0n) is 10.2. The Morgan fingerprint density at radius 3 is 2.63 bits per heavy atom. The Morgan fingerprint density at radius 2 is 1.95 bits per heavy atom. The summed E-state index contributed by atoms with van der Waals surface area (Å²) in [5.74, 6) is -0.630. The number of piperidine rings is 1. The van der Waals surface area contributed by atoms with Gasteiger partial charge in [-0.1, -0.05) is 11.6 Å². The first-order valence-electron chi connectivity index (χ1n) is 6.26. The molecule has 1 aromatic heterocycles. The summed E-state index contributed by atoms with van der Waals surface area (Å²) in [6, 6.07) is 3.22. The standard InChI is InChI=1S/C13H13F2N3O/c14-9-5-8(6-10(15)7-9)12-17-13(19-18-12)11-3-1-2-4-16-11/h5-7,11,16H,1-4H2. The van der Waals surface area contributed by atoms with Gasteiger partial charge in [-0.05, 0) is 31.5 Å². The SMILES string of the molecule is Fc1cc(F)cc(-c2noc(C3CCCCN3)n2)c1. The maximum atomic E-state index is 13.1. The van der Waals surface area contributed by atoms with E-state index >= 15 is 0 Å². The molecule has 2 heterocycles. The number of aromatic nitrogens is 2. The molecule has 1 N–H and O–H groups in total. The van der Waals surface area contributed by atoms with Gasteiger partial charge in [-0.3, -0.25) is 0 Å². The molecular formula is C13H13F2N3O. The van der Waals surface area contributed by atoms with E-state index in [1.807, 2.05) is 0 Å². The summed E-state index contributed by atoms with van der Waals surface area (Å²) in [5, 5.41) is 7.06. The smallest absolute Gasteiger partial charge is 0.244 e. The topological polar surface area (TPSA) is 51.0 Å². The molecule has 6 heteroatoms. The van der Waals surface area contributed by atoms with E-state index in [1.54, 1.807) is 0 Å². The number of nitrogens with one attached hydrogen (secondary N) is 1. The second-order valence-corrected chi connectivity index (χ2v) is 4.62. The highest BCUT2D eigenvalue weighted by Crippen LogP contribution is 2.24. The van der Waals surface area contributed by atoms with Gasteiger partial charge in [0.1, 0.15) is 11.6 Å².